The van der Waals surface area contributed by atoms with E-state index in [0.717, 1.165) is 38.0 Å². The zero-order valence-corrected chi connectivity index (χ0v) is 17.8. The van der Waals surface area contributed by atoms with Crippen LogP contribution in [0, 0.1) is 5.41 Å². The highest BCUT2D eigenvalue weighted by Crippen LogP contribution is 2.38. The topological polar surface area (TPSA) is 49.6 Å². The summed E-state index contributed by atoms with van der Waals surface area (Å²) in [6, 6.07) is 18.4. The molecule has 2 unspecified atom stereocenters. The molecule has 28 heavy (non-hydrogen) atoms. The molecule has 4 nitrogen and oxygen atoms in total. The van der Waals surface area contributed by atoms with Gasteiger partial charge in [0.1, 0.15) is 6.04 Å². The van der Waals surface area contributed by atoms with Crippen molar-refractivity contribution in [3.8, 4) is 0 Å². The summed E-state index contributed by atoms with van der Waals surface area (Å²) in [6.07, 6.45) is 1.97. The van der Waals surface area contributed by atoms with Gasteiger partial charge in [0.25, 0.3) is 0 Å². The number of carbonyl (C=O) groups is 1. The SMILES string of the molecule is CC1(CN)CCN(C(=O)C(c2ccccc2)N2CCc3ccccc32)C1.Cl.Cl. The fourth-order valence-electron chi connectivity index (χ4n) is 4.27. The number of rotatable bonds is 4. The number of para-hydroxylation sites is 1. The predicted molar refractivity (Wildman–Crippen MR) is 120 cm³/mol. The zero-order valence-electron chi connectivity index (χ0n) is 16.2. The molecule has 0 spiro atoms. The molecular formula is C22H29Cl2N3O. The molecule has 2 heterocycles. The van der Waals surface area contributed by atoms with Crippen molar-refractivity contribution in [2.75, 3.05) is 31.1 Å². The van der Waals surface area contributed by atoms with Crippen LogP contribution in [0.4, 0.5) is 5.69 Å². The van der Waals surface area contributed by atoms with Crippen molar-refractivity contribution in [2.45, 2.75) is 25.8 Å². The molecule has 2 aromatic carbocycles. The van der Waals surface area contributed by atoms with E-state index in [0.29, 0.717) is 6.54 Å². The maximum absolute atomic E-state index is 13.6. The van der Waals surface area contributed by atoms with Gasteiger partial charge in [0, 0.05) is 25.3 Å². The monoisotopic (exact) mass is 421 g/mol. The lowest BCUT2D eigenvalue weighted by Crippen LogP contribution is -2.43. The Balaban J connectivity index is 0.00000140. The van der Waals surface area contributed by atoms with E-state index in [1.54, 1.807) is 0 Å². The first-order valence-corrected chi connectivity index (χ1v) is 9.50. The Morgan fingerprint density at radius 3 is 2.43 bits per heavy atom. The van der Waals surface area contributed by atoms with Gasteiger partial charge < -0.3 is 15.5 Å². The predicted octanol–water partition coefficient (Wildman–Crippen LogP) is 3.83. The van der Waals surface area contributed by atoms with Crippen LogP contribution >= 0.6 is 24.8 Å². The van der Waals surface area contributed by atoms with Gasteiger partial charge in [-0.25, -0.2) is 0 Å². The summed E-state index contributed by atoms with van der Waals surface area (Å²) in [5, 5.41) is 0. The summed E-state index contributed by atoms with van der Waals surface area (Å²) < 4.78 is 0. The summed E-state index contributed by atoms with van der Waals surface area (Å²) in [5.41, 5.74) is 9.58. The number of nitrogens with two attached hydrogens (primary N) is 1. The normalized spacial score (nSPS) is 21.5. The van der Waals surface area contributed by atoms with Crippen LogP contribution < -0.4 is 10.6 Å². The first-order chi connectivity index (χ1) is 12.6. The van der Waals surface area contributed by atoms with Gasteiger partial charge in [-0.1, -0.05) is 55.5 Å². The molecule has 1 fully saturated rings. The standard InChI is InChI=1S/C22H27N3O.2ClH/c1-22(15-23)12-14-24(16-22)21(26)20(18-8-3-2-4-9-18)25-13-11-17-7-5-6-10-19(17)25;;/h2-10,20H,11-16,23H2,1H3;2*1H. The minimum atomic E-state index is -0.264. The number of nitrogens with zero attached hydrogens (tertiary/aromatic N) is 2. The Bertz CT molecular complexity index is 801. The van der Waals surface area contributed by atoms with Crippen LogP contribution in [0.1, 0.15) is 30.5 Å². The van der Waals surface area contributed by atoms with Crippen molar-refractivity contribution < 1.29 is 4.79 Å². The molecule has 1 saturated heterocycles. The maximum Gasteiger partial charge on any atom is 0.249 e. The first-order valence-electron chi connectivity index (χ1n) is 9.50. The van der Waals surface area contributed by atoms with Crippen LogP contribution in [0.3, 0.4) is 0 Å². The van der Waals surface area contributed by atoms with Gasteiger partial charge in [0.2, 0.25) is 5.91 Å². The fourth-order valence-corrected chi connectivity index (χ4v) is 4.27. The van der Waals surface area contributed by atoms with Crippen molar-refractivity contribution in [1.29, 1.82) is 0 Å². The summed E-state index contributed by atoms with van der Waals surface area (Å²) in [7, 11) is 0. The largest absolute Gasteiger partial charge is 0.355 e. The lowest BCUT2D eigenvalue weighted by atomic mass is 9.90. The van der Waals surface area contributed by atoms with E-state index in [9.17, 15) is 4.79 Å². The molecule has 2 aliphatic rings. The molecule has 0 aliphatic carbocycles. The minimum Gasteiger partial charge on any atom is -0.355 e. The van der Waals surface area contributed by atoms with Crippen LogP contribution in [0.25, 0.3) is 0 Å². The quantitative estimate of drug-likeness (QED) is 0.815. The van der Waals surface area contributed by atoms with Crippen molar-refractivity contribution in [2.24, 2.45) is 11.1 Å². The average molecular weight is 422 g/mol. The molecule has 2 aliphatic heterocycles. The third kappa shape index (κ3) is 4.14. The van der Waals surface area contributed by atoms with Crippen molar-refractivity contribution >= 4 is 36.4 Å². The molecule has 152 valence electrons. The lowest BCUT2D eigenvalue weighted by Gasteiger charge is -2.33. The second-order valence-electron chi connectivity index (χ2n) is 7.91. The van der Waals surface area contributed by atoms with Crippen LogP contribution in [-0.2, 0) is 11.2 Å². The van der Waals surface area contributed by atoms with Gasteiger partial charge in [0.15, 0.2) is 0 Å². The Morgan fingerprint density at radius 2 is 1.75 bits per heavy atom. The van der Waals surface area contributed by atoms with E-state index in [1.165, 1.54) is 11.3 Å². The first kappa shape index (κ1) is 22.5. The Hall–Kier alpha value is -1.75. The number of hydrogen-bond acceptors (Lipinski definition) is 3. The molecule has 2 atom stereocenters. The molecule has 2 N–H and O–H groups in total. The highest BCUT2D eigenvalue weighted by Gasteiger charge is 2.40. The summed E-state index contributed by atoms with van der Waals surface area (Å²) >= 11 is 0. The van der Waals surface area contributed by atoms with Gasteiger partial charge >= 0.3 is 0 Å². The fraction of sp³-hybridized carbons (Fsp3) is 0.409. The van der Waals surface area contributed by atoms with Crippen molar-refractivity contribution in [1.82, 2.24) is 4.90 Å². The van der Waals surface area contributed by atoms with E-state index in [2.05, 4.69) is 48.2 Å². The van der Waals surface area contributed by atoms with Crippen LogP contribution in [-0.4, -0.2) is 37.0 Å². The van der Waals surface area contributed by atoms with Gasteiger partial charge in [0.05, 0.1) is 0 Å². The molecule has 2 aromatic rings. The molecule has 0 aromatic heterocycles. The van der Waals surface area contributed by atoms with Crippen LogP contribution in [0.5, 0.6) is 0 Å². The second kappa shape index (κ2) is 9.17. The number of hydrogen-bond donors (Lipinski definition) is 1. The third-order valence-electron chi connectivity index (χ3n) is 5.95. The highest BCUT2D eigenvalue weighted by atomic mass is 35.5. The second-order valence-corrected chi connectivity index (χ2v) is 7.91. The van der Waals surface area contributed by atoms with Gasteiger partial charge in [-0.15, -0.1) is 24.8 Å². The number of carbonyl (C=O) groups excluding carboxylic acids is 1. The molecule has 4 rings (SSSR count). The number of amides is 1. The smallest absolute Gasteiger partial charge is 0.249 e. The molecule has 1 amide bonds. The van der Waals surface area contributed by atoms with Gasteiger partial charge in [-0.05, 0) is 42.0 Å². The number of halogens is 2. The van der Waals surface area contributed by atoms with Crippen molar-refractivity contribution in [3.05, 3.63) is 65.7 Å². The lowest BCUT2D eigenvalue weighted by molar-refractivity contribution is -0.132. The molecular weight excluding hydrogens is 393 g/mol. The minimum absolute atomic E-state index is 0. The summed E-state index contributed by atoms with van der Waals surface area (Å²) in [4.78, 5) is 17.9. The summed E-state index contributed by atoms with van der Waals surface area (Å²) in [6.45, 7) is 5.24. The summed E-state index contributed by atoms with van der Waals surface area (Å²) in [5.74, 6) is 0.199. The number of anilines is 1. The maximum atomic E-state index is 13.6. The van der Waals surface area contributed by atoms with E-state index in [1.807, 2.05) is 23.1 Å². The Morgan fingerprint density at radius 1 is 1.07 bits per heavy atom. The van der Waals surface area contributed by atoms with Crippen LogP contribution in [0.2, 0.25) is 0 Å². The highest BCUT2D eigenvalue weighted by molar-refractivity contribution is 5.88. The van der Waals surface area contributed by atoms with E-state index in [-0.39, 0.29) is 42.2 Å². The average Bonchev–Trinajstić information content (AvgIpc) is 3.28. The number of fused-ring (bicyclic) bond motifs is 1. The van der Waals surface area contributed by atoms with Crippen molar-refractivity contribution in [3.63, 3.8) is 0 Å². The third-order valence-corrected chi connectivity index (χ3v) is 5.95. The van der Waals surface area contributed by atoms with Gasteiger partial charge in [-0.3, -0.25) is 4.79 Å². The molecule has 6 heteroatoms. The molecule has 0 bridgehead atoms. The molecule has 0 saturated carbocycles. The number of likely N-dealkylation sites (tertiary alicyclic amines) is 1. The number of benzene rings is 2. The zero-order chi connectivity index (χ0) is 18.1. The Labute approximate surface area is 179 Å². The van der Waals surface area contributed by atoms with E-state index >= 15 is 0 Å². The van der Waals surface area contributed by atoms with Gasteiger partial charge in [-0.2, -0.15) is 0 Å². The Kier molecular flexibility index (Phi) is 7.38. The van der Waals surface area contributed by atoms with Crippen LogP contribution in [0.15, 0.2) is 54.6 Å². The molecule has 0 radical (unpaired) electrons. The van der Waals surface area contributed by atoms with E-state index in [4.69, 9.17) is 5.73 Å². The van der Waals surface area contributed by atoms with E-state index < -0.39 is 0 Å².